The van der Waals surface area contributed by atoms with Crippen molar-refractivity contribution in [1.82, 2.24) is 24.8 Å². The van der Waals surface area contributed by atoms with E-state index in [4.69, 9.17) is 0 Å². The Morgan fingerprint density at radius 1 is 0.818 bits per heavy atom. The van der Waals surface area contributed by atoms with Crippen LogP contribution in [0.15, 0.2) is 79.1 Å². The summed E-state index contributed by atoms with van der Waals surface area (Å²) in [6.07, 6.45) is -1.96. The first-order valence-electron chi connectivity index (χ1n) is 9.75. The smallest absolute Gasteiger partial charge is 0.323 e. The van der Waals surface area contributed by atoms with Crippen LogP contribution >= 0.6 is 0 Å². The fraction of sp³-hybridized carbons (Fsp3) is 0.0435. The van der Waals surface area contributed by atoms with E-state index in [1.807, 2.05) is 24.3 Å². The Labute approximate surface area is 184 Å². The number of benzene rings is 2. The summed E-state index contributed by atoms with van der Waals surface area (Å²) in [4.78, 5) is 3.88. The average molecular weight is 450 g/mol. The number of pyridine rings is 1. The largest absolute Gasteiger partial charge is 0.418 e. The van der Waals surface area contributed by atoms with Gasteiger partial charge in [0.1, 0.15) is 5.82 Å². The van der Waals surface area contributed by atoms with Crippen molar-refractivity contribution >= 4 is 17.3 Å². The van der Waals surface area contributed by atoms with Gasteiger partial charge in [-0.3, -0.25) is 4.98 Å². The van der Waals surface area contributed by atoms with Gasteiger partial charge in [-0.25, -0.2) is 4.39 Å². The predicted octanol–water partition coefficient (Wildman–Crippen LogP) is 5.75. The molecule has 0 aliphatic carbocycles. The molecule has 0 radical (unpaired) electrons. The zero-order valence-electron chi connectivity index (χ0n) is 16.8. The van der Waals surface area contributed by atoms with Gasteiger partial charge in [-0.2, -0.15) is 22.8 Å². The van der Waals surface area contributed by atoms with Crippen LogP contribution in [0.4, 0.5) is 29.2 Å². The lowest BCUT2D eigenvalue weighted by atomic mass is 10.1. The number of rotatable bonds is 4. The minimum atomic E-state index is -4.55. The third-order valence-electron chi connectivity index (χ3n) is 4.97. The van der Waals surface area contributed by atoms with Crippen molar-refractivity contribution in [2.75, 3.05) is 5.32 Å². The van der Waals surface area contributed by atoms with Crippen molar-refractivity contribution in [3.8, 4) is 22.4 Å². The second-order valence-electron chi connectivity index (χ2n) is 7.14. The second kappa shape index (κ2) is 7.97. The minimum absolute atomic E-state index is 0.179. The van der Waals surface area contributed by atoms with Crippen molar-refractivity contribution in [2.45, 2.75) is 6.18 Å². The standard InChI is InChI=1S/C23H14F4N6/c24-17-7-3-14(4-8-17)15-5-9-18(10-6-15)30-22-32-31-20-12-16(13-29-33(20)22)21-19(23(25,26)27)2-1-11-28-21/h1-13H,(H,30,32). The highest BCUT2D eigenvalue weighted by atomic mass is 19.4. The second-order valence-corrected chi connectivity index (χ2v) is 7.14. The van der Waals surface area contributed by atoms with Crippen molar-refractivity contribution in [1.29, 1.82) is 0 Å². The monoisotopic (exact) mass is 450 g/mol. The number of nitrogens with zero attached hydrogens (tertiary/aromatic N) is 5. The van der Waals surface area contributed by atoms with E-state index in [2.05, 4.69) is 25.6 Å². The Kier molecular flexibility index (Phi) is 4.97. The average Bonchev–Trinajstić information content (AvgIpc) is 3.21. The quantitative estimate of drug-likeness (QED) is 0.353. The first-order valence-corrected chi connectivity index (χ1v) is 9.75. The third-order valence-corrected chi connectivity index (χ3v) is 4.97. The highest BCUT2D eigenvalue weighted by Gasteiger charge is 2.34. The van der Waals surface area contributed by atoms with Gasteiger partial charge in [-0.05, 0) is 53.6 Å². The van der Waals surface area contributed by atoms with E-state index in [0.29, 0.717) is 11.6 Å². The summed E-state index contributed by atoms with van der Waals surface area (Å²) in [6, 6.07) is 17.2. The summed E-state index contributed by atoms with van der Waals surface area (Å²) in [5.41, 5.74) is 1.84. The third kappa shape index (κ3) is 4.10. The van der Waals surface area contributed by atoms with E-state index < -0.39 is 11.7 Å². The number of fused-ring (bicyclic) bond motifs is 1. The molecule has 0 atom stereocenters. The van der Waals surface area contributed by atoms with Gasteiger partial charge in [0.05, 0.1) is 17.5 Å². The molecule has 3 aromatic heterocycles. The van der Waals surface area contributed by atoms with Gasteiger partial charge < -0.3 is 5.32 Å². The highest BCUT2D eigenvalue weighted by Crippen LogP contribution is 2.35. The van der Waals surface area contributed by atoms with Gasteiger partial charge in [0.2, 0.25) is 5.95 Å². The van der Waals surface area contributed by atoms with Gasteiger partial charge in [-0.15, -0.1) is 10.2 Å². The van der Waals surface area contributed by atoms with Gasteiger partial charge >= 0.3 is 6.18 Å². The van der Waals surface area contributed by atoms with Gasteiger partial charge in [0.15, 0.2) is 5.65 Å². The van der Waals surface area contributed by atoms with Crippen LogP contribution in [-0.2, 0) is 6.18 Å². The summed E-state index contributed by atoms with van der Waals surface area (Å²) >= 11 is 0. The molecule has 164 valence electrons. The summed E-state index contributed by atoms with van der Waals surface area (Å²) in [6.45, 7) is 0. The van der Waals surface area contributed by atoms with E-state index in [1.54, 1.807) is 12.1 Å². The van der Waals surface area contributed by atoms with Crippen molar-refractivity contribution in [2.24, 2.45) is 0 Å². The molecule has 10 heteroatoms. The van der Waals surface area contributed by atoms with E-state index in [-0.39, 0.29) is 22.7 Å². The van der Waals surface area contributed by atoms with E-state index in [1.165, 1.54) is 41.2 Å². The van der Waals surface area contributed by atoms with Crippen LogP contribution in [0.25, 0.3) is 28.0 Å². The van der Waals surface area contributed by atoms with Crippen LogP contribution in [0.2, 0.25) is 0 Å². The lowest BCUT2D eigenvalue weighted by Gasteiger charge is -2.11. The maximum Gasteiger partial charge on any atom is 0.418 e. The molecule has 0 amide bonds. The number of halogens is 4. The van der Waals surface area contributed by atoms with Crippen LogP contribution in [0.1, 0.15) is 5.56 Å². The minimum Gasteiger partial charge on any atom is -0.323 e. The SMILES string of the molecule is Fc1ccc(-c2ccc(Nc3nnc4cc(-c5ncccc5C(F)(F)F)cnn34)cc2)cc1. The number of hydrogen-bond acceptors (Lipinski definition) is 5. The Hall–Kier alpha value is -4.34. The first-order chi connectivity index (χ1) is 15.9. The number of anilines is 2. The van der Waals surface area contributed by atoms with Gasteiger partial charge in [-0.1, -0.05) is 24.3 Å². The molecule has 0 aliphatic rings. The molecular weight excluding hydrogens is 436 g/mol. The molecule has 0 unspecified atom stereocenters. The van der Waals surface area contributed by atoms with Gasteiger partial charge in [0, 0.05) is 17.4 Å². The number of aromatic nitrogens is 5. The Morgan fingerprint density at radius 3 is 2.21 bits per heavy atom. The van der Waals surface area contributed by atoms with Crippen LogP contribution in [0.5, 0.6) is 0 Å². The van der Waals surface area contributed by atoms with Crippen molar-refractivity contribution in [3.05, 3.63) is 90.5 Å². The van der Waals surface area contributed by atoms with E-state index >= 15 is 0 Å². The van der Waals surface area contributed by atoms with Crippen LogP contribution in [-0.4, -0.2) is 24.8 Å². The molecule has 1 N–H and O–H groups in total. The first kappa shape index (κ1) is 20.6. The Morgan fingerprint density at radius 2 is 1.52 bits per heavy atom. The topological polar surface area (TPSA) is 68.0 Å². The Balaban J connectivity index is 1.42. The molecule has 0 saturated carbocycles. The van der Waals surface area contributed by atoms with Crippen LogP contribution in [0.3, 0.4) is 0 Å². The molecule has 0 fully saturated rings. The zero-order chi connectivity index (χ0) is 23.0. The molecular formula is C23H14F4N6. The zero-order valence-corrected chi connectivity index (χ0v) is 16.8. The highest BCUT2D eigenvalue weighted by molar-refractivity contribution is 5.69. The molecule has 5 aromatic rings. The van der Waals surface area contributed by atoms with Crippen LogP contribution < -0.4 is 5.32 Å². The van der Waals surface area contributed by atoms with Gasteiger partial charge in [0.25, 0.3) is 0 Å². The van der Waals surface area contributed by atoms with E-state index in [9.17, 15) is 17.6 Å². The molecule has 2 aromatic carbocycles. The van der Waals surface area contributed by atoms with E-state index in [0.717, 1.165) is 17.2 Å². The summed E-state index contributed by atoms with van der Waals surface area (Å²) < 4.78 is 54.5. The molecule has 0 spiro atoms. The summed E-state index contributed by atoms with van der Waals surface area (Å²) in [5, 5.41) is 15.3. The molecule has 6 nitrogen and oxygen atoms in total. The predicted molar refractivity (Wildman–Crippen MR) is 114 cm³/mol. The normalized spacial score (nSPS) is 11.6. The molecule has 5 rings (SSSR count). The molecule has 33 heavy (non-hydrogen) atoms. The lowest BCUT2D eigenvalue weighted by Crippen LogP contribution is -2.08. The summed E-state index contributed by atoms with van der Waals surface area (Å²) in [7, 11) is 0. The number of hydrogen-bond donors (Lipinski definition) is 1. The van der Waals surface area contributed by atoms with Crippen molar-refractivity contribution in [3.63, 3.8) is 0 Å². The number of alkyl halides is 3. The molecule has 0 saturated heterocycles. The Bertz CT molecular complexity index is 1430. The molecule has 0 aliphatic heterocycles. The maximum absolute atomic E-state index is 13.3. The van der Waals surface area contributed by atoms with Crippen LogP contribution in [0, 0.1) is 5.82 Å². The fourth-order valence-electron chi connectivity index (χ4n) is 3.38. The maximum atomic E-state index is 13.3. The molecule has 0 bridgehead atoms. The number of nitrogens with one attached hydrogen (secondary N) is 1. The summed E-state index contributed by atoms with van der Waals surface area (Å²) in [5.74, 6) is -0.00722. The fourth-order valence-corrected chi connectivity index (χ4v) is 3.38. The molecule has 3 heterocycles. The van der Waals surface area contributed by atoms with Crippen molar-refractivity contribution < 1.29 is 17.6 Å². The lowest BCUT2D eigenvalue weighted by molar-refractivity contribution is -0.137.